The van der Waals surface area contributed by atoms with E-state index in [1.165, 1.54) is 0 Å². The number of nitrogens with zero attached hydrogens (tertiary/aromatic N) is 2. The molecule has 1 aliphatic rings. The highest BCUT2D eigenvalue weighted by Crippen LogP contribution is 2.27. The molecular formula is C17H20ClN3O4. The van der Waals surface area contributed by atoms with E-state index in [-0.39, 0.29) is 12.0 Å². The number of amides is 1. The van der Waals surface area contributed by atoms with Crippen molar-refractivity contribution in [2.75, 3.05) is 19.8 Å². The zero-order valence-electron chi connectivity index (χ0n) is 14.0. The van der Waals surface area contributed by atoms with E-state index in [0.717, 1.165) is 19.4 Å². The van der Waals surface area contributed by atoms with Gasteiger partial charge in [0.05, 0.1) is 11.6 Å². The monoisotopic (exact) mass is 365 g/mol. The minimum atomic E-state index is -0.215. The van der Waals surface area contributed by atoms with Crippen LogP contribution in [0.1, 0.15) is 47.9 Å². The highest BCUT2D eigenvalue weighted by molar-refractivity contribution is 6.32. The number of rotatable bonds is 7. The Morgan fingerprint density at radius 1 is 1.48 bits per heavy atom. The third kappa shape index (κ3) is 4.49. The Morgan fingerprint density at radius 2 is 2.36 bits per heavy atom. The van der Waals surface area contributed by atoms with Crippen molar-refractivity contribution in [3.05, 3.63) is 40.5 Å². The molecule has 1 aromatic heterocycles. The molecule has 0 bridgehead atoms. The molecule has 1 aliphatic heterocycles. The maximum atomic E-state index is 12.2. The number of halogens is 1. The van der Waals surface area contributed by atoms with Gasteiger partial charge in [0.25, 0.3) is 11.8 Å². The first-order valence-electron chi connectivity index (χ1n) is 8.32. The van der Waals surface area contributed by atoms with E-state index >= 15 is 0 Å². The summed E-state index contributed by atoms with van der Waals surface area (Å²) in [7, 11) is 0. The molecule has 2 heterocycles. The van der Waals surface area contributed by atoms with E-state index in [0.29, 0.717) is 47.6 Å². The van der Waals surface area contributed by atoms with Crippen molar-refractivity contribution in [3.63, 3.8) is 0 Å². The quantitative estimate of drug-likeness (QED) is 0.811. The normalized spacial score (nSPS) is 16.8. The molecule has 1 amide bonds. The number of benzene rings is 1. The molecule has 0 unspecified atom stereocenters. The highest BCUT2D eigenvalue weighted by atomic mass is 35.5. The lowest BCUT2D eigenvalue weighted by atomic mass is 10.2. The van der Waals surface area contributed by atoms with Crippen LogP contribution in [0.5, 0.6) is 5.75 Å². The van der Waals surface area contributed by atoms with Gasteiger partial charge in [-0.2, -0.15) is 4.98 Å². The van der Waals surface area contributed by atoms with Crippen LogP contribution in [0.4, 0.5) is 0 Å². The van der Waals surface area contributed by atoms with E-state index in [9.17, 15) is 4.79 Å². The first-order valence-corrected chi connectivity index (χ1v) is 8.69. The van der Waals surface area contributed by atoms with Crippen LogP contribution in [-0.2, 0) is 11.2 Å². The number of nitrogens with one attached hydrogen (secondary N) is 1. The third-order valence-corrected chi connectivity index (χ3v) is 4.11. The molecule has 3 rings (SSSR count). The molecule has 0 radical (unpaired) electrons. The van der Waals surface area contributed by atoms with Crippen LogP contribution in [0.3, 0.4) is 0 Å². The van der Waals surface area contributed by atoms with Gasteiger partial charge < -0.3 is 19.3 Å². The Bertz CT molecular complexity index is 728. The fourth-order valence-corrected chi connectivity index (χ4v) is 2.81. The van der Waals surface area contributed by atoms with Gasteiger partial charge in [-0.15, -0.1) is 0 Å². The van der Waals surface area contributed by atoms with Gasteiger partial charge in [-0.1, -0.05) is 16.8 Å². The van der Waals surface area contributed by atoms with Crippen LogP contribution in [0.25, 0.3) is 0 Å². The van der Waals surface area contributed by atoms with E-state index in [1.807, 2.05) is 6.92 Å². The minimum Gasteiger partial charge on any atom is -0.492 e. The zero-order valence-corrected chi connectivity index (χ0v) is 14.7. The number of carbonyl (C=O) groups excluding carboxylic acids is 1. The van der Waals surface area contributed by atoms with Gasteiger partial charge in [0.1, 0.15) is 11.9 Å². The number of hydrogen-bond acceptors (Lipinski definition) is 6. The average molecular weight is 366 g/mol. The second-order valence-electron chi connectivity index (χ2n) is 5.63. The van der Waals surface area contributed by atoms with Crippen molar-refractivity contribution in [2.45, 2.75) is 32.3 Å². The third-order valence-electron chi connectivity index (χ3n) is 3.82. The molecule has 25 heavy (non-hydrogen) atoms. The standard InChI is InChI=1S/C17H20ClN3O4/c1-2-23-13-6-5-11(10-12(13)18)16(22)19-8-7-15-20-17(25-21-15)14-4-3-9-24-14/h5-6,10,14H,2-4,7-9H2,1H3,(H,19,22)/t14-/m0/s1. The summed E-state index contributed by atoms with van der Waals surface area (Å²) in [6.45, 7) is 3.51. The fraction of sp³-hybridized carbons (Fsp3) is 0.471. The second kappa shape index (κ2) is 8.31. The van der Waals surface area contributed by atoms with Crippen molar-refractivity contribution in [3.8, 4) is 5.75 Å². The number of carbonyl (C=O) groups is 1. The summed E-state index contributed by atoms with van der Waals surface area (Å²) in [5, 5.41) is 7.15. The van der Waals surface area contributed by atoms with E-state index < -0.39 is 0 Å². The molecule has 2 aromatic rings. The van der Waals surface area contributed by atoms with Gasteiger partial charge in [0.15, 0.2) is 5.82 Å². The van der Waals surface area contributed by atoms with Gasteiger partial charge in [-0.25, -0.2) is 0 Å². The first-order chi connectivity index (χ1) is 12.2. The Kier molecular flexibility index (Phi) is 5.88. The first kappa shape index (κ1) is 17.7. The molecule has 1 fully saturated rings. The number of ether oxygens (including phenoxy) is 2. The largest absolute Gasteiger partial charge is 0.492 e. The van der Waals surface area contributed by atoms with Gasteiger partial charge in [-0.3, -0.25) is 4.79 Å². The van der Waals surface area contributed by atoms with Crippen molar-refractivity contribution >= 4 is 17.5 Å². The van der Waals surface area contributed by atoms with Crippen LogP contribution in [-0.4, -0.2) is 35.8 Å². The maximum Gasteiger partial charge on any atom is 0.255 e. The lowest BCUT2D eigenvalue weighted by Crippen LogP contribution is -2.26. The van der Waals surface area contributed by atoms with Crippen molar-refractivity contribution in [1.29, 1.82) is 0 Å². The smallest absolute Gasteiger partial charge is 0.255 e. The molecule has 1 N–H and O–H groups in total. The molecular weight excluding hydrogens is 346 g/mol. The maximum absolute atomic E-state index is 12.2. The molecule has 134 valence electrons. The fourth-order valence-electron chi connectivity index (χ4n) is 2.58. The summed E-state index contributed by atoms with van der Waals surface area (Å²) in [4.78, 5) is 16.5. The van der Waals surface area contributed by atoms with Crippen LogP contribution < -0.4 is 10.1 Å². The SMILES string of the molecule is CCOc1ccc(C(=O)NCCc2noc([C@@H]3CCCO3)n2)cc1Cl. The predicted molar refractivity (Wildman–Crippen MR) is 90.9 cm³/mol. The summed E-state index contributed by atoms with van der Waals surface area (Å²) < 4.78 is 16.1. The Labute approximate surface area is 150 Å². The number of hydrogen-bond donors (Lipinski definition) is 1. The molecule has 0 aliphatic carbocycles. The Balaban J connectivity index is 1.50. The van der Waals surface area contributed by atoms with Gasteiger partial charge in [-0.05, 0) is 38.0 Å². The summed E-state index contributed by atoms with van der Waals surface area (Å²) in [6, 6.07) is 4.95. The molecule has 1 aromatic carbocycles. The van der Waals surface area contributed by atoms with Crippen LogP contribution in [0.2, 0.25) is 5.02 Å². The summed E-state index contributed by atoms with van der Waals surface area (Å²) >= 11 is 6.10. The lowest BCUT2D eigenvalue weighted by Gasteiger charge is -2.08. The van der Waals surface area contributed by atoms with Crippen LogP contribution in [0, 0.1) is 0 Å². The van der Waals surface area contributed by atoms with Crippen molar-refractivity contribution in [1.82, 2.24) is 15.5 Å². The second-order valence-corrected chi connectivity index (χ2v) is 6.04. The van der Waals surface area contributed by atoms with E-state index in [2.05, 4.69) is 15.5 Å². The lowest BCUT2D eigenvalue weighted by molar-refractivity contribution is 0.0835. The topological polar surface area (TPSA) is 86.5 Å². The average Bonchev–Trinajstić information content (AvgIpc) is 3.28. The van der Waals surface area contributed by atoms with E-state index in [1.54, 1.807) is 18.2 Å². The Hall–Kier alpha value is -2.12. The van der Waals surface area contributed by atoms with Gasteiger partial charge >= 0.3 is 0 Å². The molecule has 1 atom stereocenters. The molecule has 7 nitrogen and oxygen atoms in total. The van der Waals surface area contributed by atoms with Gasteiger partial charge in [0.2, 0.25) is 0 Å². The minimum absolute atomic E-state index is 0.0955. The zero-order chi connectivity index (χ0) is 17.6. The summed E-state index contributed by atoms with van der Waals surface area (Å²) in [6.07, 6.45) is 2.29. The van der Waals surface area contributed by atoms with Crippen molar-refractivity contribution in [2.24, 2.45) is 0 Å². The highest BCUT2D eigenvalue weighted by Gasteiger charge is 2.23. The van der Waals surface area contributed by atoms with E-state index in [4.69, 9.17) is 25.6 Å². The summed E-state index contributed by atoms with van der Waals surface area (Å²) in [5.74, 6) is 1.41. The molecule has 0 spiro atoms. The number of aromatic nitrogens is 2. The van der Waals surface area contributed by atoms with Crippen LogP contribution >= 0.6 is 11.6 Å². The predicted octanol–water partition coefficient (Wildman–Crippen LogP) is 2.95. The Morgan fingerprint density at radius 3 is 3.08 bits per heavy atom. The molecule has 1 saturated heterocycles. The summed E-state index contributed by atoms with van der Waals surface area (Å²) in [5.41, 5.74) is 0.474. The van der Waals surface area contributed by atoms with Gasteiger partial charge in [0, 0.05) is 25.1 Å². The van der Waals surface area contributed by atoms with Crippen LogP contribution in [0.15, 0.2) is 22.7 Å². The van der Waals surface area contributed by atoms with Crippen molar-refractivity contribution < 1.29 is 18.8 Å². The molecule has 8 heteroatoms. The molecule has 0 saturated carbocycles.